The summed E-state index contributed by atoms with van der Waals surface area (Å²) < 4.78 is 35.2. The molecular formula is C11H10F2N2O2. The van der Waals surface area contributed by atoms with Crippen LogP contribution < -0.4 is 10.5 Å². The van der Waals surface area contributed by atoms with Gasteiger partial charge in [0.05, 0.1) is 12.7 Å². The first-order chi connectivity index (χ1) is 8.13. The molecule has 0 unspecified atom stereocenters. The second kappa shape index (κ2) is 4.40. The summed E-state index contributed by atoms with van der Waals surface area (Å²) in [5, 5.41) is 3.67. The highest BCUT2D eigenvalue weighted by atomic mass is 19.3. The molecule has 0 amide bonds. The van der Waals surface area contributed by atoms with E-state index in [1.807, 2.05) is 0 Å². The lowest BCUT2D eigenvalue weighted by Crippen LogP contribution is -1.95. The number of methoxy groups -OCH3 is 1. The van der Waals surface area contributed by atoms with Gasteiger partial charge in [0.2, 0.25) is 5.88 Å². The third-order valence-electron chi connectivity index (χ3n) is 2.29. The maximum Gasteiger partial charge on any atom is 0.267 e. The fraction of sp³-hybridized carbons (Fsp3) is 0.182. The summed E-state index contributed by atoms with van der Waals surface area (Å²) in [5.74, 6) is 0.195. The lowest BCUT2D eigenvalue weighted by atomic mass is 10.1. The van der Waals surface area contributed by atoms with Gasteiger partial charge in [-0.3, -0.25) is 0 Å². The van der Waals surface area contributed by atoms with Crippen molar-refractivity contribution >= 4 is 5.88 Å². The molecule has 0 spiro atoms. The number of nitrogens with two attached hydrogens (primary N) is 1. The molecule has 0 bridgehead atoms. The number of alkyl halides is 2. The fourth-order valence-corrected chi connectivity index (χ4v) is 1.57. The molecule has 1 aromatic heterocycles. The van der Waals surface area contributed by atoms with E-state index in [2.05, 4.69) is 5.16 Å². The van der Waals surface area contributed by atoms with Gasteiger partial charge in [-0.25, -0.2) is 8.78 Å². The van der Waals surface area contributed by atoms with Crippen molar-refractivity contribution in [2.45, 2.75) is 6.43 Å². The second-order valence-electron chi connectivity index (χ2n) is 3.34. The maximum atomic E-state index is 12.8. The van der Waals surface area contributed by atoms with Crippen molar-refractivity contribution in [3.05, 3.63) is 29.8 Å². The first kappa shape index (κ1) is 11.4. The molecular weight excluding hydrogens is 230 g/mol. The van der Waals surface area contributed by atoms with Crippen molar-refractivity contribution in [3.63, 3.8) is 0 Å². The predicted molar refractivity (Wildman–Crippen MR) is 57.9 cm³/mol. The number of halogens is 2. The zero-order valence-corrected chi connectivity index (χ0v) is 8.98. The van der Waals surface area contributed by atoms with Crippen LogP contribution in [0.5, 0.6) is 5.75 Å². The summed E-state index contributed by atoms with van der Waals surface area (Å²) in [7, 11) is 1.33. The third kappa shape index (κ3) is 2.06. The Morgan fingerprint density at radius 2 is 2.18 bits per heavy atom. The van der Waals surface area contributed by atoms with Gasteiger partial charge in [0.25, 0.3) is 6.43 Å². The number of anilines is 1. The van der Waals surface area contributed by atoms with Gasteiger partial charge in [-0.2, -0.15) is 0 Å². The summed E-state index contributed by atoms with van der Waals surface area (Å²) in [6.07, 6.45) is -2.62. The van der Waals surface area contributed by atoms with Crippen molar-refractivity contribution in [2.24, 2.45) is 0 Å². The molecule has 1 heterocycles. The van der Waals surface area contributed by atoms with Gasteiger partial charge >= 0.3 is 0 Å². The highest BCUT2D eigenvalue weighted by Crippen LogP contribution is 2.37. The summed E-state index contributed by atoms with van der Waals surface area (Å²) in [4.78, 5) is 0. The van der Waals surface area contributed by atoms with Gasteiger partial charge in [0.15, 0.2) is 0 Å². The van der Waals surface area contributed by atoms with Crippen LogP contribution in [0, 0.1) is 0 Å². The van der Waals surface area contributed by atoms with Gasteiger partial charge < -0.3 is 15.0 Å². The number of nitrogen functional groups attached to an aromatic ring is 1. The Morgan fingerprint density at radius 1 is 1.41 bits per heavy atom. The summed E-state index contributed by atoms with van der Waals surface area (Å²) in [6, 6.07) is 5.87. The van der Waals surface area contributed by atoms with E-state index in [9.17, 15) is 8.78 Å². The van der Waals surface area contributed by atoms with Crippen LogP contribution >= 0.6 is 0 Å². The van der Waals surface area contributed by atoms with E-state index in [0.717, 1.165) is 0 Å². The minimum absolute atomic E-state index is 0.0794. The first-order valence-electron chi connectivity index (χ1n) is 4.81. The zero-order valence-electron chi connectivity index (χ0n) is 8.98. The quantitative estimate of drug-likeness (QED) is 0.896. The van der Waals surface area contributed by atoms with Crippen molar-refractivity contribution < 1.29 is 18.0 Å². The number of hydrogen-bond acceptors (Lipinski definition) is 4. The Hall–Kier alpha value is -2.11. The number of rotatable bonds is 3. The van der Waals surface area contributed by atoms with E-state index in [-0.39, 0.29) is 17.2 Å². The first-order valence-corrected chi connectivity index (χ1v) is 4.81. The lowest BCUT2D eigenvalue weighted by molar-refractivity contribution is 0.147. The van der Waals surface area contributed by atoms with Crippen LogP contribution in [0.1, 0.15) is 12.0 Å². The number of benzene rings is 1. The van der Waals surface area contributed by atoms with Crippen molar-refractivity contribution in [3.8, 4) is 17.0 Å². The minimum atomic E-state index is -2.62. The normalized spacial score (nSPS) is 10.8. The standard InChI is InChI=1S/C11H10F2N2O2/c1-16-10-6(8-5-9(14)17-15-8)3-2-4-7(10)11(12)13/h2-5,11H,14H2,1H3. The molecule has 1 aromatic carbocycles. The Kier molecular flexibility index (Phi) is 2.95. The molecule has 0 radical (unpaired) electrons. The predicted octanol–water partition coefficient (Wildman–Crippen LogP) is 2.87. The molecule has 6 heteroatoms. The van der Waals surface area contributed by atoms with Crippen LogP contribution in [0.15, 0.2) is 28.8 Å². The largest absolute Gasteiger partial charge is 0.496 e. The van der Waals surface area contributed by atoms with E-state index in [1.165, 1.54) is 25.3 Å². The minimum Gasteiger partial charge on any atom is -0.496 e. The highest BCUT2D eigenvalue weighted by molar-refractivity contribution is 5.70. The Morgan fingerprint density at radius 3 is 2.71 bits per heavy atom. The van der Waals surface area contributed by atoms with Crippen molar-refractivity contribution in [1.29, 1.82) is 0 Å². The number of aromatic nitrogens is 1. The average Bonchev–Trinajstić information content (AvgIpc) is 2.74. The second-order valence-corrected chi connectivity index (χ2v) is 3.34. The smallest absolute Gasteiger partial charge is 0.267 e. The molecule has 90 valence electrons. The molecule has 0 atom stereocenters. The molecule has 0 aliphatic heterocycles. The maximum absolute atomic E-state index is 12.8. The number of ether oxygens (including phenoxy) is 1. The van der Waals surface area contributed by atoms with Gasteiger partial charge in [-0.05, 0) is 12.1 Å². The molecule has 17 heavy (non-hydrogen) atoms. The molecule has 0 saturated heterocycles. The van der Waals surface area contributed by atoms with Gasteiger partial charge in [-0.15, -0.1) is 0 Å². The van der Waals surface area contributed by atoms with Gasteiger partial charge in [0.1, 0.15) is 11.4 Å². The van der Waals surface area contributed by atoms with Crippen molar-refractivity contribution in [1.82, 2.24) is 5.16 Å². The van der Waals surface area contributed by atoms with E-state index < -0.39 is 6.43 Å². The SMILES string of the molecule is COc1c(-c2cc(N)on2)cccc1C(F)F. The molecule has 2 aromatic rings. The summed E-state index contributed by atoms with van der Waals surface area (Å²) in [5.41, 5.74) is 5.98. The zero-order chi connectivity index (χ0) is 12.4. The number of hydrogen-bond donors (Lipinski definition) is 1. The van der Waals surface area contributed by atoms with Crippen LogP contribution in [-0.4, -0.2) is 12.3 Å². The van der Waals surface area contributed by atoms with E-state index in [4.69, 9.17) is 15.0 Å². The fourth-order valence-electron chi connectivity index (χ4n) is 1.57. The summed E-state index contributed by atoms with van der Waals surface area (Å²) >= 11 is 0. The number of para-hydroxylation sites is 1. The van der Waals surface area contributed by atoms with Gasteiger partial charge in [0, 0.05) is 11.6 Å². The third-order valence-corrected chi connectivity index (χ3v) is 2.29. The van der Waals surface area contributed by atoms with Crippen LogP contribution in [0.3, 0.4) is 0 Å². The van der Waals surface area contributed by atoms with Crippen LogP contribution in [0.4, 0.5) is 14.7 Å². The van der Waals surface area contributed by atoms with E-state index >= 15 is 0 Å². The monoisotopic (exact) mass is 240 g/mol. The van der Waals surface area contributed by atoms with Crippen LogP contribution in [-0.2, 0) is 0 Å². The number of nitrogens with zero attached hydrogens (tertiary/aromatic N) is 1. The molecule has 0 aliphatic carbocycles. The topological polar surface area (TPSA) is 61.3 Å². The Balaban J connectivity index is 2.58. The van der Waals surface area contributed by atoms with E-state index in [1.54, 1.807) is 6.07 Å². The van der Waals surface area contributed by atoms with Crippen LogP contribution in [0.2, 0.25) is 0 Å². The van der Waals surface area contributed by atoms with Gasteiger partial charge in [-0.1, -0.05) is 11.2 Å². The molecule has 2 N–H and O–H groups in total. The Bertz CT molecular complexity index is 526. The summed E-state index contributed by atoms with van der Waals surface area (Å²) in [6.45, 7) is 0. The molecule has 0 saturated carbocycles. The molecule has 0 aliphatic rings. The van der Waals surface area contributed by atoms with E-state index in [0.29, 0.717) is 11.3 Å². The highest BCUT2D eigenvalue weighted by Gasteiger charge is 2.19. The molecule has 4 nitrogen and oxygen atoms in total. The Labute approximate surface area is 96.0 Å². The van der Waals surface area contributed by atoms with Crippen molar-refractivity contribution in [2.75, 3.05) is 12.8 Å². The lowest BCUT2D eigenvalue weighted by Gasteiger charge is -2.10. The molecule has 0 fully saturated rings. The van der Waals surface area contributed by atoms with Crippen LogP contribution in [0.25, 0.3) is 11.3 Å². The average molecular weight is 240 g/mol. The molecule has 2 rings (SSSR count).